The van der Waals surface area contributed by atoms with Crippen molar-refractivity contribution in [2.24, 2.45) is 17.8 Å². The molecule has 1 aromatic heterocycles. The van der Waals surface area contributed by atoms with Crippen LogP contribution in [-0.4, -0.2) is 38.3 Å². The first kappa shape index (κ1) is 17.9. The van der Waals surface area contributed by atoms with Crippen LogP contribution in [-0.2, 0) is 10.0 Å². The largest absolute Gasteiger partial charge is 0.370 e. The minimum atomic E-state index is -3.41. The molecule has 0 aromatic carbocycles. The van der Waals surface area contributed by atoms with Crippen LogP contribution >= 0.6 is 0 Å². The quantitative estimate of drug-likeness (QED) is 0.840. The zero-order valence-electron chi connectivity index (χ0n) is 13.8. The SMILES string of the molecule is CC(C)C(CNc1ccc(S(=O)(=O)N(C)C)cn1)C(C)C. The van der Waals surface area contributed by atoms with Gasteiger partial charge in [0.05, 0.1) is 0 Å². The van der Waals surface area contributed by atoms with E-state index in [9.17, 15) is 8.42 Å². The Morgan fingerprint density at radius 3 is 2.10 bits per heavy atom. The molecule has 0 aliphatic carbocycles. The highest BCUT2D eigenvalue weighted by molar-refractivity contribution is 7.89. The van der Waals surface area contributed by atoms with Gasteiger partial charge in [-0.1, -0.05) is 27.7 Å². The summed E-state index contributed by atoms with van der Waals surface area (Å²) in [7, 11) is -0.386. The molecule has 0 unspecified atom stereocenters. The third-order valence-electron chi connectivity index (χ3n) is 3.75. The van der Waals surface area contributed by atoms with E-state index < -0.39 is 10.0 Å². The second-order valence-corrected chi connectivity index (χ2v) is 8.35. The molecule has 6 heteroatoms. The molecule has 0 atom stereocenters. The van der Waals surface area contributed by atoms with Gasteiger partial charge in [0, 0.05) is 26.8 Å². The summed E-state index contributed by atoms with van der Waals surface area (Å²) in [6.07, 6.45) is 1.40. The molecule has 1 N–H and O–H groups in total. The van der Waals surface area contributed by atoms with Crippen LogP contribution in [0, 0.1) is 17.8 Å². The topological polar surface area (TPSA) is 62.3 Å². The summed E-state index contributed by atoms with van der Waals surface area (Å²) in [5, 5.41) is 3.30. The van der Waals surface area contributed by atoms with Crippen LogP contribution in [0.2, 0.25) is 0 Å². The Balaban J connectivity index is 2.76. The Kier molecular flexibility index (Phi) is 6.16. The number of anilines is 1. The zero-order chi connectivity index (χ0) is 16.2. The van der Waals surface area contributed by atoms with Gasteiger partial charge >= 0.3 is 0 Å². The Hall–Kier alpha value is -1.14. The van der Waals surface area contributed by atoms with E-state index in [2.05, 4.69) is 38.0 Å². The first-order valence-electron chi connectivity index (χ1n) is 7.28. The van der Waals surface area contributed by atoms with E-state index in [-0.39, 0.29) is 4.90 Å². The molecule has 0 radical (unpaired) electrons. The average molecular weight is 313 g/mol. The van der Waals surface area contributed by atoms with Crippen LogP contribution in [0.1, 0.15) is 27.7 Å². The fraction of sp³-hybridized carbons (Fsp3) is 0.667. The zero-order valence-corrected chi connectivity index (χ0v) is 14.6. The van der Waals surface area contributed by atoms with Crippen molar-refractivity contribution < 1.29 is 8.42 Å². The lowest BCUT2D eigenvalue weighted by molar-refractivity contribution is 0.304. The standard InChI is InChI=1S/C15H27N3O2S/c1-11(2)14(12(3)4)10-17-15-8-7-13(9-16-15)21(19,20)18(5)6/h7-9,11-12,14H,10H2,1-6H3,(H,16,17). The molecule has 0 bridgehead atoms. The highest BCUT2D eigenvalue weighted by Gasteiger charge is 2.19. The molecule has 0 spiro atoms. The third kappa shape index (κ3) is 4.68. The van der Waals surface area contributed by atoms with Crippen molar-refractivity contribution in [3.63, 3.8) is 0 Å². The van der Waals surface area contributed by atoms with E-state index in [0.717, 1.165) is 6.54 Å². The maximum atomic E-state index is 12.0. The number of nitrogens with zero attached hydrogens (tertiary/aromatic N) is 2. The Labute approximate surface area is 128 Å². The summed E-state index contributed by atoms with van der Waals surface area (Å²) in [5.74, 6) is 2.44. The molecule has 0 saturated heterocycles. The van der Waals surface area contributed by atoms with Crippen molar-refractivity contribution in [3.8, 4) is 0 Å². The average Bonchev–Trinajstić information content (AvgIpc) is 2.38. The second-order valence-electron chi connectivity index (χ2n) is 6.20. The maximum Gasteiger partial charge on any atom is 0.244 e. The summed E-state index contributed by atoms with van der Waals surface area (Å²) in [6, 6.07) is 3.30. The summed E-state index contributed by atoms with van der Waals surface area (Å²) in [4.78, 5) is 4.41. The predicted molar refractivity (Wildman–Crippen MR) is 86.8 cm³/mol. The normalized spacial score (nSPS) is 12.7. The van der Waals surface area contributed by atoms with Gasteiger partial charge < -0.3 is 5.32 Å². The first-order chi connectivity index (χ1) is 9.66. The number of rotatable bonds is 7. The lowest BCUT2D eigenvalue weighted by Gasteiger charge is -2.25. The Morgan fingerprint density at radius 1 is 1.14 bits per heavy atom. The van der Waals surface area contributed by atoms with E-state index in [4.69, 9.17) is 0 Å². The highest BCUT2D eigenvalue weighted by Crippen LogP contribution is 2.21. The highest BCUT2D eigenvalue weighted by atomic mass is 32.2. The lowest BCUT2D eigenvalue weighted by atomic mass is 9.85. The predicted octanol–water partition coefficient (Wildman–Crippen LogP) is 2.67. The van der Waals surface area contributed by atoms with E-state index >= 15 is 0 Å². The van der Waals surface area contributed by atoms with Gasteiger partial charge in [-0.05, 0) is 29.9 Å². The first-order valence-corrected chi connectivity index (χ1v) is 8.72. The van der Waals surface area contributed by atoms with Gasteiger partial charge in [0.15, 0.2) is 0 Å². The fourth-order valence-electron chi connectivity index (χ4n) is 2.31. The summed E-state index contributed by atoms with van der Waals surface area (Å²) >= 11 is 0. The number of hydrogen-bond donors (Lipinski definition) is 1. The number of aromatic nitrogens is 1. The summed E-state index contributed by atoms with van der Waals surface area (Å²) in [6.45, 7) is 9.69. The Bertz CT molecular complexity index is 529. The molecule has 0 saturated carbocycles. The van der Waals surface area contributed by atoms with Crippen molar-refractivity contribution in [3.05, 3.63) is 18.3 Å². The van der Waals surface area contributed by atoms with Gasteiger partial charge in [-0.3, -0.25) is 0 Å². The van der Waals surface area contributed by atoms with Gasteiger partial charge in [0.25, 0.3) is 0 Å². The van der Waals surface area contributed by atoms with Crippen molar-refractivity contribution in [1.29, 1.82) is 0 Å². The van der Waals surface area contributed by atoms with Crippen LogP contribution in [0.25, 0.3) is 0 Å². The maximum absolute atomic E-state index is 12.0. The van der Waals surface area contributed by atoms with Crippen LogP contribution in [0.4, 0.5) is 5.82 Å². The van der Waals surface area contributed by atoms with E-state index in [1.165, 1.54) is 24.6 Å². The molecule has 0 amide bonds. The van der Waals surface area contributed by atoms with Gasteiger partial charge in [-0.25, -0.2) is 17.7 Å². The van der Waals surface area contributed by atoms with Crippen molar-refractivity contribution in [2.45, 2.75) is 32.6 Å². The van der Waals surface area contributed by atoms with E-state index in [1.807, 2.05) is 0 Å². The van der Waals surface area contributed by atoms with Crippen LogP contribution < -0.4 is 5.32 Å². The molecule has 0 fully saturated rings. The molecule has 1 rings (SSSR count). The van der Waals surface area contributed by atoms with E-state index in [1.54, 1.807) is 12.1 Å². The molecule has 1 heterocycles. The smallest absolute Gasteiger partial charge is 0.244 e. The minimum Gasteiger partial charge on any atom is -0.370 e. The van der Waals surface area contributed by atoms with Gasteiger partial charge in [0.2, 0.25) is 10.0 Å². The van der Waals surface area contributed by atoms with E-state index in [0.29, 0.717) is 23.6 Å². The third-order valence-corrected chi connectivity index (χ3v) is 5.55. The lowest BCUT2D eigenvalue weighted by Crippen LogP contribution is -2.25. The van der Waals surface area contributed by atoms with Crippen molar-refractivity contribution in [2.75, 3.05) is 26.0 Å². The van der Waals surface area contributed by atoms with Crippen LogP contribution in [0.3, 0.4) is 0 Å². The fourth-order valence-corrected chi connectivity index (χ4v) is 3.16. The molecular formula is C15H27N3O2S. The molecule has 5 nitrogen and oxygen atoms in total. The van der Waals surface area contributed by atoms with Crippen molar-refractivity contribution in [1.82, 2.24) is 9.29 Å². The number of pyridine rings is 1. The molecule has 0 aliphatic heterocycles. The number of sulfonamides is 1. The molecular weight excluding hydrogens is 286 g/mol. The molecule has 120 valence electrons. The van der Waals surface area contributed by atoms with Gasteiger partial charge in [0.1, 0.15) is 10.7 Å². The monoisotopic (exact) mass is 313 g/mol. The van der Waals surface area contributed by atoms with Gasteiger partial charge in [-0.15, -0.1) is 0 Å². The summed E-state index contributed by atoms with van der Waals surface area (Å²) in [5.41, 5.74) is 0. The number of hydrogen-bond acceptors (Lipinski definition) is 4. The molecule has 21 heavy (non-hydrogen) atoms. The molecule has 0 aliphatic rings. The number of nitrogens with one attached hydrogen (secondary N) is 1. The summed E-state index contributed by atoms with van der Waals surface area (Å²) < 4.78 is 25.1. The minimum absolute atomic E-state index is 0.210. The van der Waals surface area contributed by atoms with Crippen LogP contribution in [0.5, 0.6) is 0 Å². The second kappa shape index (κ2) is 7.22. The molecule has 1 aromatic rings. The van der Waals surface area contributed by atoms with Crippen LogP contribution in [0.15, 0.2) is 23.2 Å². The Morgan fingerprint density at radius 2 is 1.71 bits per heavy atom. The van der Waals surface area contributed by atoms with Gasteiger partial charge in [-0.2, -0.15) is 0 Å². The van der Waals surface area contributed by atoms with Crippen molar-refractivity contribution >= 4 is 15.8 Å².